The highest BCUT2D eigenvalue weighted by Gasteiger charge is 2.09. The standard InChI is InChI=1S/C29H23Cl2N3O6/c1-38-28-14-20(4-13-27(28)40-17-19-2-9-24(10-3-19)34(36)37)16-32-33-29(35)21-6-11-25(12-7-21)39-18-22-5-8-23(30)15-26(22)31/h2-16H,17-18H2,1H3,(H,33,35)/b32-16+. The van der Waals surface area contributed by atoms with Crippen LogP contribution in [0.15, 0.2) is 90.0 Å². The third kappa shape index (κ3) is 7.72. The molecule has 0 unspecified atom stereocenters. The molecule has 0 aliphatic heterocycles. The lowest BCUT2D eigenvalue weighted by molar-refractivity contribution is -0.384. The zero-order chi connectivity index (χ0) is 28.5. The molecule has 0 heterocycles. The van der Waals surface area contributed by atoms with Crippen molar-refractivity contribution in [1.29, 1.82) is 0 Å². The number of nitrogens with zero attached hydrogens (tertiary/aromatic N) is 2. The van der Waals surface area contributed by atoms with Crippen LogP contribution in [0, 0.1) is 10.1 Å². The van der Waals surface area contributed by atoms with Gasteiger partial charge in [0.15, 0.2) is 11.5 Å². The fourth-order valence-electron chi connectivity index (χ4n) is 3.49. The summed E-state index contributed by atoms with van der Waals surface area (Å²) in [6, 6.07) is 23.1. The van der Waals surface area contributed by atoms with Crippen LogP contribution in [0.4, 0.5) is 5.69 Å². The van der Waals surface area contributed by atoms with Crippen LogP contribution in [-0.4, -0.2) is 24.2 Å². The molecule has 0 spiro atoms. The van der Waals surface area contributed by atoms with Gasteiger partial charge in [-0.05, 0) is 77.9 Å². The summed E-state index contributed by atoms with van der Waals surface area (Å²) in [5, 5.41) is 15.9. The average Bonchev–Trinajstić information content (AvgIpc) is 2.96. The number of rotatable bonds is 11. The van der Waals surface area contributed by atoms with E-state index in [4.69, 9.17) is 37.4 Å². The van der Waals surface area contributed by atoms with Crippen molar-refractivity contribution in [1.82, 2.24) is 5.43 Å². The number of carbonyl (C=O) groups is 1. The minimum atomic E-state index is -0.455. The first-order chi connectivity index (χ1) is 19.3. The molecule has 4 aromatic rings. The van der Waals surface area contributed by atoms with Crippen LogP contribution in [0.5, 0.6) is 17.2 Å². The minimum absolute atomic E-state index is 0.0130. The predicted molar refractivity (Wildman–Crippen MR) is 153 cm³/mol. The topological polar surface area (TPSA) is 112 Å². The van der Waals surface area contributed by atoms with E-state index in [1.165, 1.54) is 25.5 Å². The molecule has 1 amide bonds. The first-order valence-electron chi connectivity index (χ1n) is 11.9. The van der Waals surface area contributed by atoms with E-state index in [2.05, 4.69) is 10.5 Å². The predicted octanol–water partition coefficient (Wildman–Crippen LogP) is 6.83. The second-order valence-electron chi connectivity index (χ2n) is 8.37. The molecule has 4 rings (SSSR count). The summed E-state index contributed by atoms with van der Waals surface area (Å²) in [7, 11) is 1.51. The Labute approximate surface area is 240 Å². The molecule has 0 aliphatic rings. The number of methoxy groups -OCH3 is 1. The molecule has 11 heteroatoms. The van der Waals surface area contributed by atoms with Gasteiger partial charge in [-0.25, -0.2) is 5.43 Å². The maximum absolute atomic E-state index is 12.5. The van der Waals surface area contributed by atoms with Gasteiger partial charge in [-0.2, -0.15) is 5.10 Å². The number of nitro groups is 1. The summed E-state index contributed by atoms with van der Waals surface area (Å²) in [5.41, 5.74) is 5.14. The van der Waals surface area contributed by atoms with Crippen LogP contribution in [0.2, 0.25) is 10.0 Å². The van der Waals surface area contributed by atoms with E-state index in [-0.39, 0.29) is 18.9 Å². The van der Waals surface area contributed by atoms with E-state index in [0.29, 0.717) is 38.4 Å². The summed E-state index contributed by atoms with van der Waals surface area (Å²) < 4.78 is 16.9. The number of nitro benzene ring substituents is 1. The molecule has 9 nitrogen and oxygen atoms in total. The van der Waals surface area contributed by atoms with Crippen molar-refractivity contribution in [3.63, 3.8) is 0 Å². The van der Waals surface area contributed by atoms with Gasteiger partial charge in [0.05, 0.1) is 18.2 Å². The van der Waals surface area contributed by atoms with Crippen molar-refractivity contribution < 1.29 is 23.9 Å². The number of hydrazone groups is 1. The number of nitrogens with one attached hydrogen (secondary N) is 1. The summed E-state index contributed by atoms with van der Waals surface area (Å²) in [6.45, 7) is 0.465. The molecule has 40 heavy (non-hydrogen) atoms. The van der Waals surface area contributed by atoms with Gasteiger partial charge < -0.3 is 14.2 Å². The Balaban J connectivity index is 1.29. The largest absolute Gasteiger partial charge is 0.493 e. The summed E-state index contributed by atoms with van der Waals surface area (Å²) in [5.74, 6) is 1.14. The number of carbonyl (C=O) groups excluding carboxylic acids is 1. The zero-order valence-corrected chi connectivity index (χ0v) is 22.7. The van der Waals surface area contributed by atoms with Gasteiger partial charge >= 0.3 is 0 Å². The van der Waals surface area contributed by atoms with Gasteiger partial charge in [-0.3, -0.25) is 14.9 Å². The average molecular weight is 580 g/mol. The summed E-state index contributed by atoms with van der Waals surface area (Å²) in [4.78, 5) is 22.8. The molecule has 0 aliphatic carbocycles. The molecule has 0 radical (unpaired) electrons. The van der Waals surface area contributed by atoms with Crippen LogP contribution < -0.4 is 19.6 Å². The molecule has 0 saturated heterocycles. The fraction of sp³-hybridized carbons (Fsp3) is 0.103. The Bertz CT molecular complexity index is 1530. The SMILES string of the molecule is COc1cc(/C=N/NC(=O)c2ccc(OCc3ccc(Cl)cc3Cl)cc2)ccc1OCc1ccc([N+](=O)[O-])cc1. The Kier molecular flexibility index (Phi) is 9.56. The molecule has 0 aromatic heterocycles. The number of halogens is 2. The first-order valence-corrected chi connectivity index (χ1v) is 12.6. The van der Waals surface area contributed by atoms with Crippen LogP contribution >= 0.6 is 23.2 Å². The number of non-ortho nitro benzene ring substituents is 1. The highest BCUT2D eigenvalue weighted by atomic mass is 35.5. The molecule has 204 valence electrons. The third-order valence-corrected chi connectivity index (χ3v) is 6.22. The van der Waals surface area contributed by atoms with Crippen LogP contribution in [-0.2, 0) is 13.2 Å². The van der Waals surface area contributed by atoms with Gasteiger partial charge in [0, 0.05) is 33.3 Å². The van der Waals surface area contributed by atoms with E-state index in [1.807, 2.05) is 0 Å². The number of hydrogen-bond acceptors (Lipinski definition) is 7. The molecule has 0 bridgehead atoms. The molecule has 0 fully saturated rings. The van der Waals surface area contributed by atoms with E-state index in [0.717, 1.165) is 11.1 Å². The van der Waals surface area contributed by atoms with E-state index < -0.39 is 10.8 Å². The molecule has 0 atom stereocenters. The van der Waals surface area contributed by atoms with Gasteiger partial charge in [-0.15, -0.1) is 0 Å². The third-order valence-electron chi connectivity index (χ3n) is 5.63. The molecular weight excluding hydrogens is 557 g/mol. The number of hydrogen-bond donors (Lipinski definition) is 1. The second kappa shape index (κ2) is 13.5. The highest BCUT2D eigenvalue weighted by Crippen LogP contribution is 2.29. The Hall–Kier alpha value is -4.60. The van der Waals surface area contributed by atoms with Gasteiger partial charge in [0.25, 0.3) is 11.6 Å². The lowest BCUT2D eigenvalue weighted by atomic mass is 10.2. The zero-order valence-electron chi connectivity index (χ0n) is 21.2. The van der Waals surface area contributed by atoms with Gasteiger partial charge in [0.2, 0.25) is 0 Å². The highest BCUT2D eigenvalue weighted by molar-refractivity contribution is 6.35. The van der Waals surface area contributed by atoms with Crippen LogP contribution in [0.1, 0.15) is 27.0 Å². The van der Waals surface area contributed by atoms with Crippen LogP contribution in [0.3, 0.4) is 0 Å². The van der Waals surface area contributed by atoms with Crippen molar-refractivity contribution in [2.24, 2.45) is 5.10 Å². The number of benzene rings is 4. The second-order valence-corrected chi connectivity index (χ2v) is 9.21. The van der Waals surface area contributed by atoms with Crippen molar-refractivity contribution in [3.8, 4) is 17.2 Å². The van der Waals surface area contributed by atoms with Crippen molar-refractivity contribution in [3.05, 3.63) is 127 Å². The molecular formula is C29H23Cl2N3O6. The maximum atomic E-state index is 12.5. The Morgan fingerprint density at radius 1 is 0.925 bits per heavy atom. The van der Waals surface area contributed by atoms with Crippen molar-refractivity contribution >= 4 is 41.0 Å². The van der Waals surface area contributed by atoms with E-state index in [1.54, 1.807) is 72.8 Å². The smallest absolute Gasteiger partial charge is 0.271 e. The number of amides is 1. The molecule has 0 saturated carbocycles. The minimum Gasteiger partial charge on any atom is -0.493 e. The summed E-state index contributed by atoms with van der Waals surface area (Å²) in [6.07, 6.45) is 1.48. The lowest BCUT2D eigenvalue weighted by Crippen LogP contribution is -2.17. The molecule has 4 aromatic carbocycles. The maximum Gasteiger partial charge on any atom is 0.271 e. The summed E-state index contributed by atoms with van der Waals surface area (Å²) >= 11 is 12.1. The van der Waals surface area contributed by atoms with E-state index >= 15 is 0 Å². The van der Waals surface area contributed by atoms with Gasteiger partial charge in [0.1, 0.15) is 19.0 Å². The molecule has 1 N–H and O–H groups in total. The van der Waals surface area contributed by atoms with Gasteiger partial charge in [-0.1, -0.05) is 29.3 Å². The normalized spacial score (nSPS) is 10.8. The van der Waals surface area contributed by atoms with Crippen molar-refractivity contribution in [2.75, 3.05) is 7.11 Å². The van der Waals surface area contributed by atoms with Crippen LogP contribution in [0.25, 0.3) is 0 Å². The number of ether oxygens (including phenoxy) is 3. The first kappa shape index (κ1) is 28.4. The van der Waals surface area contributed by atoms with E-state index in [9.17, 15) is 14.9 Å². The monoisotopic (exact) mass is 579 g/mol. The lowest BCUT2D eigenvalue weighted by Gasteiger charge is -2.11. The Morgan fingerprint density at radius 2 is 1.68 bits per heavy atom. The fourth-order valence-corrected chi connectivity index (χ4v) is 3.95. The Morgan fingerprint density at radius 3 is 2.35 bits per heavy atom. The van der Waals surface area contributed by atoms with Crippen molar-refractivity contribution in [2.45, 2.75) is 13.2 Å². The quantitative estimate of drug-likeness (QED) is 0.118.